The molecule has 1 heterocycles. The number of carbonyl (C=O) groups is 1. The van der Waals surface area contributed by atoms with E-state index in [9.17, 15) is 9.90 Å². The van der Waals surface area contributed by atoms with Gasteiger partial charge in [-0.1, -0.05) is 0 Å². The molecule has 1 fully saturated rings. The number of esters is 1. The molecule has 1 aliphatic rings. The van der Waals surface area contributed by atoms with Gasteiger partial charge in [0.15, 0.2) is 5.60 Å². The lowest BCUT2D eigenvalue weighted by molar-refractivity contribution is -0.163. The molecule has 5 heteroatoms. The van der Waals surface area contributed by atoms with Gasteiger partial charge in [-0.15, -0.1) is 0 Å². The second kappa shape index (κ2) is 4.04. The van der Waals surface area contributed by atoms with E-state index in [1.807, 2.05) is 0 Å². The largest absolute Gasteiger partial charge is 0.467 e. The Kier molecular flexibility index (Phi) is 3.24. The monoisotopic (exact) mass is 188 g/mol. The van der Waals surface area contributed by atoms with E-state index in [1.54, 1.807) is 0 Å². The van der Waals surface area contributed by atoms with Crippen molar-refractivity contribution in [3.63, 3.8) is 0 Å². The third-order valence-electron chi connectivity index (χ3n) is 2.32. The van der Waals surface area contributed by atoms with E-state index in [4.69, 9.17) is 0 Å². The van der Waals surface area contributed by atoms with Gasteiger partial charge in [0, 0.05) is 19.6 Å². The highest BCUT2D eigenvalue weighted by Gasteiger charge is 2.40. The van der Waals surface area contributed by atoms with Gasteiger partial charge in [-0.3, -0.25) is 0 Å². The van der Waals surface area contributed by atoms with Gasteiger partial charge in [0.25, 0.3) is 0 Å². The number of ether oxygens (including phenoxy) is 1. The maximum absolute atomic E-state index is 11.2. The lowest BCUT2D eigenvalue weighted by Gasteiger charge is -2.34. The molecule has 2 unspecified atom stereocenters. The Morgan fingerprint density at radius 1 is 1.62 bits per heavy atom. The minimum atomic E-state index is -1.46. The lowest BCUT2D eigenvalue weighted by Crippen LogP contribution is -2.62. The number of piperazine rings is 1. The number of aliphatic hydroxyl groups is 1. The highest BCUT2D eigenvalue weighted by molar-refractivity contribution is 5.79. The minimum absolute atomic E-state index is 0.284. The first-order chi connectivity index (χ1) is 6.09. The Labute approximate surface area is 77.5 Å². The molecule has 1 rings (SSSR count). The molecule has 0 aromatic heterocycles. The molecule has 0 aliphatic carbocycles. The molecule has 1 saturated heterocycles. The average Bonchev–Trinajstić information content (AvgIpc) is 2.18. The molecular formula is C8H16N2O3. The van der Waals surface area contributed by atoms with Gasteiger partial charge in [-0.2, -0.15) is 0 Å². The Balaban J connectivity index is 2.60. The van der Waals surface area contributed by atoms with Gasteiger partial charge in [-0.05, 0) is 6.92 Å². The highest BCUT2D eigenvalue weighted by Crippen LogP contribution is 2.12. The second-order valence-corrected chi connectivity index (χ2v) is 3.35. The fourth-order valence-electron chi connectivity index (χ4n) is 1.40. The van der Waals surface area contributed by atoms with E-state index in [1.165, 1.54) is 14.0 Å². The van der Waals surface area contributed by atoms with Crippen LogP contribution in [0.1, 0.15) is 6.92 Å². The van der Waals surface area contributed by atoms with Crippen molar-refractivity contribution < 1.29 is 14.6 Å². The van der Waals surface area contributed by atoms with E-state index >= 15 is 0 Å². The van der Waals surface area contributed by atoms with E-state index in [-0.39, 0.29) is 6.04 Å². The van der Waals surface area contributed by atoms with E-state index in [0.29, 0.717) is 6.54 Å². The van der Waals surface area contributed by atoms with Crippen molar-refractivity contribution in [3.8, 4) is 0 Å². The van der Waals surface area contributed by atoms with Crippen LogP contribution in [0.5, 0.6) is 0 Å². The number of methoxy groups -OCH3 is 1. The lowest BCUT2D eigenvalue weighted by atomic mass is 9.95. The van der Waals surface area contributed by atoms with Crippen LogP contribution in [-0.4, -0.2) is 49.5 Å². The highest BCUT2D eigenvalue weighted by atomic mass is 16.5. The summed E-state index contributed by atoms with van der Waals surface area (Å²) in [7, 11) is 1.27. The van der Waals surface area contributed by atoms with Crippen molar-refractivity contribution in [1.29, 1.82) is 0 Å². The molecule has 76 valence electrons. The van der Waals surface area contributed by atoms with Gasteiger partial charge in [0.05, 0.1) is 13.2 Å². The summed E-state index contributed by atoms with van der Waals surface area (Å²) in [5.41, 5.74) is -1.46. The molecule has 0 radical (unpaired) electrons. The van der Waals surface area contributed by atoms with Gasteiger partial charge >= 0.3 is 5.97 Å². The predicted molar refractivity (Wildman–Crippen MR) is 47.3 cm³/mol. The number of hydrogen-bond donors (Lipinski definition) is 3. The van der Waals surface area contributed by atoms with Crippen LogP contribution >= 0.6 is 0 Å². The summed E-state index contributed by atoms with van der Waals surface area (Å²) < 4.78 is 4.51. The van der Waals surface area contributed by atoms with Crippen LogP contribution in [0.3, 0.4) is 0 Å². The molecule has 2 atom stereocenters. The third-order valence-corrected chi connectivity index (χ3v) is 2.32. The van der Waals surface area contributed by atoms with Gasteiger partial charge in [0.2, 0.25) is 0 Å². The molecule has 5 nitrogen and oxygen atoms in total. The summed E-state index contributed by atoms with van der Waals surface area (Å²) in [6.45, 7) is 3.64. The van der Waals surface area contributed by atoms with Gasteiger partial charge in [0.1, 0.15) is 0 Å². The first-order valence-corrected chi connectivity index (χ1v) is 4.34. The Hall–Kier alpha value is -0.650. The van der Waals surface area contributed by atoms with E-state index < -0.39 is 11.6 Å². The fraction of sp³-hybridized carbons (Fsp3) is 0.875. The molecule has 0 amide bonds. The zero-order valence-corrected chi connectivity index (χ0v) is 7.96. The Morgan fingerprint density at radius 3 is 2.77 bits per heavy atom. The number of hydrogen-bond acceptors (Lipinski definition) is 5. The van der Waals surface area contributed by atoms with Crippen molar-refractivity contribution >= 4 is 5.97 Å². The molecule has 1 aliphatic heterocycles. The number of carbonyl (C=O) groups excluding carboxylic acids is 1. The molecule has 0 aromatic carbocycles. The number of rotatable bonds is 2. The molecule has 13 heavy (non-hydrogen) atoms. The maximum Gasteiger partial charge on any atom is 0.339 e. The van der Waals surface area contributed by atoms with Crippen LogP contribution in [0.25, 0.3) is 0 Å². The van der Waals surface area contributed by atoms with E-state index in [0.717, 1.165) is 13.1 Å². The summed E-state index contributed by atoms with van der Waals surface area (Å²) >= 11 is 0. The standard InChI is InChI=1S/C8H16N2O3/c1-8(12,7(11)13-2)6-5-9-3-4-10-6/h6,9-10,12H,3-5H2,1-2H3. The van der Waals surface area contributed by atoms with E-state index in [2.05, 4.69) is 15.4 Å². The summed E-state index contributed by atoms with van der Waals surface area (Å²) in [6, 6.07) is -0.284. The Bertz CT molecular complexity index is 188. The molecular weight excluding hydrogens is 172 g/mol. The van der Waals surface area contributed by atoms with Crippen LogP contribution in [-0.2, 0) is 9.53 Å². The third kappa shape index (κ3) is 2.18. The van der Waals surface area contributed by atoms with Crippen LogP contribution < -0.4 is 10.6 Å². The van der Waals surface area contributed by atoms with Crippen LogP contribution in [0.15, 0.2) is 0 Å². The molecule has 0 saturated carbocycles. The normalized spacial score (nSPS) is 27.8. The fourth-order valence-corrected chi connectivity index (χ4v) is 1.40. The smallest absolute Gasteiger partial charge is 0.339 e. The predicted octanol–water partition coefficient (Wildman–Crippen LogP) is -1.53. The summed E-state index contributed by atoms with van der Waals surface area (Å²) in [6.07, 6.45) is 0. The van der Waals surface area contributed by atoms with Crippen molar-refractivity contribution in [1.82, 2.24) is 10.6 Å². The summed E-state index contributed by atoms with van der Waals surface area (Å²) in [5.74, 6) is -0.603. The van der Waals surface area contributed by atoms with Crippen molar-refractivity contribution in [2.45, 2.75) is 18.6 Å². The first kappa shape index (κ1) is 10.4. The first-order valence-electron chi connectivity index (χ1n) is 4.34. The van der Waals surface area contributed by atoms with Crippen molar-refractivity contribution in [2.24, 2.45) is 0 Å². The maximum atomic E-state index is 11.2. The molecule has 0 spiro atoms. The average molecular weight is 188 g/mol. The van der Waals surface area contributed by atoms with Crippen molar-refractivity contribution in [3.05, 3.63) is 0 Å². The summed E-state index contributed by atoms with van der Waals surface area (Å²) in [4.78, 5) is 11.2. The quantitative estimate of drug-likeness (QED) is 0.459. The zero-order valence-electron chi connectivity index (χ0n) is 7.96. The SMILES string of the molecule is COC(=O)C(C)(O)C1CNCCN1. The number of nitrogens with one attached hydrogen (secondary N) is 2. The molecule has 0 bridgehead atoms. The minimum Gasteiger partial charge on any atom is -0.467 e. The summed E-state index contributed by atoms with van der Waals surface area (Å²) in [5, 5.41) is 16.0. The van der Waals surface area contributed by atoms with Gasteiger partial charge in [-0.25, -0.2) is 4.79 Å². The second-order valence-electron chi connectivity index (χ2n) is 3.35. The van der Waals surface area contributed by atoms with Crippen molar-refractivity contribution in [2.75, 3.05) is 26.7 Å². The molecule has 0 aromatic rings. The van der Waals surface area contributed by atoms with Crippen LogP contribution in [0, 0.1) is 0 Å². The van der Waals surface area contributed by atoms with Crippen LogP contribution in [0.2, 0.25) is 0 Å². The zero-order chi connectivity index (χ0) is 9.90. The van der Waals surface area contributed by atoms with Crippen LogP contribution in [0.4, 0.5) is 0 Å². The Morgan fingerprint density at radius 2 is 2.31 bits per heavy atom. The van der Waals surface area contributed by atoms with Gasteiger partial charge < -0.3 is 20.5 Å². The molecule has 3 N–H and O–H groups in total. The topological polar surface area (TPSA) is 70.6 Å².